The monoisotopic (exact) mass is 289 g/mol. The van der Waals surface area contributed by atoms with Gasteiger partial charge in [-0.2, -0.15) is 0 Å². The molecule has 1 N–H and O–H groups in total. The molecule has 20 heavy (non-hydrogen) atoms. The van der Waals surface area contributed by atoms with Crippen molar-refractivity contribution in [2.75, 3.05) is 13.2 Å². The molecule has 3 heteroatoms. The highest BCUT2D eigenvalue weighted by Crippen LogP contribution is 2.22. The van der Waals surface area contributed by atoms with Crippen LogP contribution in [-0.2, 0) is 13.0 Å². The van der Waals surface area contributed by atoms with Gasteiger partial charge in [0.25, 0.3) is 0 Å². The van der Waals surface area contributed by atoms with Gasteiger partial charge in [-0.25, -0.2) is 0 Å². The lowest BCUT2D eigenvalue weighted by Crippen LogP contribution is -2.20. The third-order valence-corrected chi connectivity index (χ3v) is 3.49. The van der Waals surface area contributed by atoms with Crippen LogP contribution in [0.4, 0.5) is 0 Å². The van der Waals surface area contributed by atoms with Gasteiger partial charge in [0.2, 0.25) is 0 Å². The van der Waals surface area contributed by atoms with E-state index in [0.717, 1.165) is 35.8 Å². The summed E-state index contributed by atoms with van der Waals surface area (Å²) in [4.78, 5) is 0. The van der Waals surface area contributed by atoms with Crippen molar-refractivity contribution < 1.29 is 4.74 Å². The van der Waals surface area contributed by atoms with Crippen LogP contribution in [0, 0.1) is 0 Å². The van der Waals surface area contributed by atoms with E-state index in [9.17, 15) is 0 Å². The fraction of sp³-hybridized carbons (Fsp3) is 0.294. The first-order chi connectivity index (χ1) is 9.79. The topological polar surface area (TPSA) is 21.3 Å². The Morgan fingerprint density at radius 1 is 1.10 bits per heavy atom. The fourth-order valence-electron chi connectivity index (χ4n) is 1.98. The second-order valence-electron chi connectivity index (χ2n) is 4.62. The van der Waals surface area contributed by atoms with Crippen LogP contribution in [0.15, 0.2) is 48.5 Å². The van der Waals surface area contributed by atoms with Crippen LogP contribution in [0.1, 0.15) is 18.1 Å². The first kappa shape index (κ1) is 14.9. The number of rotatable bonds is 7. The molecule has 0 fully saturated rings. The molecule has 0 saturated carbocycles. The molecule has 0 aliphatic rings. The van der Waals surface area contributed by atoms with Crippen molar-refractivity contribution in [3.63, 3.8) is 0 Å². The predicted molar refractivity (Wildman–Crippen MR) is 84.5 cm³/mol. The maximum atomic E-state index is 6.08. The van der Waals surface area contributed by atoms with Gasteiger partial charge in [-0.05, 0) is 35.7 Å². The summed E-state index contributed by atoms with van der Waals surface area (Å²) in [7, 11) is 0. The molecule has 0 saturated heterocycles. The highest BCUT2D eigenvalue weighted by atomic mass is 35.5. The summed E-state index contributed by atoms with van der Waals surface area (Å²) in [6.07, 6.45) is 0.919. The van der Waals surface area contributed by atoms with Gasteiger partial charge in [-0.1, -0.05) is 48.9 Å². The van der Waals surface area contributed by atoms with Gasteiger partial charge >= 0.3 is 0 Å². The van der Waals surface area contributed by atoms with E-state index in [1.165, 1.54) is 5.56 Å². The highest BCUT2D eigenvalue weighted by molar-refractivity contribution is 6.31. The zero-order chi connectivity index (χ0) is 14.2. The maximum absolute atomic E-state index is 6.08. The molecule has 0 heterocycles. The van der Waals surface area contributed by atoms with Crippen LogP contribution in [0.3, 0.4) is 0 Å². The Bertz CT molecular complexity index is 528. The normalized spacial score (nSPS) is 10.5. The summed E-state index contributed by atoms with van der Waals surface area (Å²) in [5, 5.41) is 4.17. The van der Waals surface area contributed by atoms with Crippen molar-refractivity contribution in [1.29, 1.82) is 0 Å². The zero-order valence-corrected chi connectivity index (χ0v) is 12.5. The third-order valence-electron chi connectivity index (χ3n) is 3.12. The van der Waals surface area contributed by atoms with E-state index in [-0.39, 0.29) is 0 Å². The van der Waals surface area contributed by atoms with Crippen molar-refractivity contribution >= 4 is 11.6 Å². The Hall–Kier alpha value is -1.51. The average molecular weight is 290 g/mol. The predicted octanol–water partition coefficient (Wildman–Crippen LogP) is 4.07. The van der Waals surface area contributed by atoms with Crippen molar-refractivity contribution in [1.82, 2.24) is 5.32 Å². The van der Waals surface area contributed by atoms with Crippen molar-refractivity contribution in [3.8, 4) is 5.75 Å². The van der Waals surface area contributed by atoms with Crippen molar-refractivity contribution in [2.45, 2.75) is 19.9 Å². The SMILES string of the molecule is CCc1cc(OCCNCc2ccccc2)ccc1Cl. The largest absolute Gasteiger partial charge is 0.492 e. The summed E-state index contributed by atoms with van der Waals surface area (Å²) >= 11 is 6.08. The second kappa shape index (κ2) is 7.93. The molecule has 2 rings (SSSR count). The molecule has 0 aliphatic heterocycles. The van der Waals surface area contributed by atoms with Crippen molar-refractivity contribution in [3.05, 3.63) is 64.7 Å². The Morgan fingerprint density at radius 3 is 2.65 bits per heavy atom. The minimum Gasteiger partial charge on any atom is -0.492 e. The van der Waals surface area contributed by atoms with Gasteiger partial charge in [-0.3, -0.25) is 0 Å². The summed E-state index contributed by atoms with van der Waals surface area (Å²) in [6, 6.07) is 16.2. The highest BCUT2D eigenvalue weighted by Gasteiger charge is 2.01. The minimum atomic E-state index is 0.650. The van der Waals surface area contributed by atoms with E-state index >= 15 is 0 Å². The molecule has 0 radical (unpaired) electrons. The Morgan fingerprint density at radius 2 is 1.90 bits per heavy atom. The molecule has 0 unspecified atom stereocenters. The number of nitrogens with one attached hydrogen (secondary N) is 1. The van der Waals surface area contributed by atoms with Crippen LogP contribution in [0.2, 0.25) is 5.02 Å². The van der Waals surface area contributed by atoms with Gasteiger partial charge in [0.05, 0.1) is 0 Å². The number of aryl methyl sites for hydroxylation is 1. The molecule has 106 valence electrons. The summed E-state index contributed by atoms with van der Waals surface area (Å²) in [5.41, 5.74) is 2.41. The first-order valence-electron chi connectivity index (χ1n) is 6.95. The average Bonchev–Trinajstić information content (AvgIpc) is 2.49. The second-order valence-corrected chi connectivity index (χ2v) is 5.02. The minimum absolute atomic E-state index is 0.650. The van der Waals surface area contributed by atoms with Gasteiger partial charge in [0, 0.05) is 18.1 Å². The number of hydrogen-bond donors (Lipinski definition) is 1. The van der Waals surface area contributed by atoms with Gasteiger partial charge in [-0.15, -0.1) is 0 Å². The molecule has 2 aromatic carbocycles. The number of ether oxygens (including phenoxy) is 1. The summed E-state index contributed by atoms with van der Waals surface area (Å²) < 4.78 is 5.72. The maximum Gasteiger partial charge on any atom is 0.119 e. The molecule has 2 nitrogen and oxygen atoms in total. The van der Waals surface area contributed by atoms with Gasteiger partial charge in [0.1, 0.15) is 12.4 Å². The van der Waals surface area contributed by atoms with E-state index in [0.29, 0.717) is 6.61 Å². The first-order valence-corrected chi connectivity index (χ1v) is 7.33. The summed E-state index contributed by atoms with van der Waals surface area (Å²) in [6.45, 7) is 4.42. The standard InChI is InChI=1S/C17H20ClNO/c1-2-15-12-16(8-9-17(15)18)20-11-10-19-13-14-6-4-3-5-7-14/h3-9,12,19H,2,10-11,13H2,1H3. The van der Waals surface area contributed by atoms with Crippen LogP contribution in [0.5, 0.6) is 5.75 Å². The summed E-state index contributed by atoms with van der Waals surface area (Å²) in [5.74, 6) is 0.882. The van der Waals surface area contributed by atoms with Crippen LogP contribution < -0.4 is 10.1 Å². The Kier molecular flexibility index (Phi) is 5.90. The third kappa shape index (κ3) is 4.55. The molecular formula is C17H20ClNO. The Labute approximate surface area is 125 Å². The fourth-order valence-corrected chi connectivity index (χ4v) is 2.23. The Balaban J connectivity index is 1.71. The molecule has 0 aliphatic carbocycles. The molecule has 2 aromatic rings. The quantitative estimate of drug-likeness (QED) is 0.776. The number of benzene rings is 2. The van der Waals surface area contributed by atoms with Gasteiger partial charge in [0.15, 0.2) is 0 Å². The molecular weight excluding hydrogens is 270 g/mol. The zero-order valence-electron chi connectivity index (χ0n) is 11.7. The van der Waals surface area contributed by atoms with E-state index in [2.05, 4.69) is 24.4 Å². The number of hydrogen-bond acceptors (Lipinski definition) is 2. The van der Waals surface area contributed by atoms with Crippen LogP contribution in [-0.4, -0.2) is 13.2 Å². The molecule has 0 spiro atoms. The lowest BCUT2D eigenvalue weighted by atomic mass is 10.1. The van der Waals surface area contributed by atoms with E-state index in [1.807, 2.05) is 36.4 Å². The van der Waals surface area contributed by atoms with Crippen LogP contribution >= 0.6 is 11.6 Å². The van der Waals surface area contributed by atoms with E-state index in [1.54, 1.807) is 0 Å². The van der Waals surface area contributed by atoms with Crippen LogP contribution in [0.25, 0.3) is 0 Å². The number of halogens is 1. The lowest BCUT2D eigenvalue weighted by molar-refractivity contribution is 0.313. The molecule has 0 atom stereocenters. The van der Waals surface area contributed by atoms with Crippen molar-refractivity contribution in [2.24, 2.45) is 0 Å². The molecule has 0 bridgehead atoms. The van der Waals surface area contributed by atoms with Gasteiger partial charge < -0.3 is 10.1 Å². The smallest absolute Gasteiger partial charge is 0.119 e. The van der Waals surface area contributed by atoms with E-state index in [4.69, 9.17) is 16.3 Å². The molecule has 0 aromatic heterocycles. The van der Waals surface area contributed by atoms with E-state index < -0.39 is 0 Å². The lowest BCUT2D eigenvalue weighted by Gasteiger charge is -2.09. The molecule has 0 amide bonds.